The minimum atomic E-state index is 0.990. The first kappa shape index (κ1) is 18.5. The molecule has 0 radical (unpaired) electrons. The Morgan fingerprint density at radius 1 is 0.750 bits per heavy atom. The topological polar surface area (TPSA) is 8.17 Å². The Morgan fingerprint density at radius 2 is 1.36 bits per heavy atom. The van der Waals surface area contributed by atoms with E-state index in [1.165, 1.54) is 40.2 Å². The van der Waals surface area contributed by atoms with Gasteiger partial charge in [0.05, 0.1) is 0 Å². The summed E-state index contributed by atoms with van der Waals surface area (Å²) < 4.78 is 2.49. The van der Waals surface area contributed by atoms with Gasteiger partial charge in [0.25, 0.3) is 0 Å². The monoisotopic (exact) mass is 368 g/mol. The second kappa shape index (κ2) is 8.90. The van der Waals surface area contributed by atoms with E-state index in [1.54, 1.807) is 0 Å². The lowest BCUT2D eigenvalue weighted by atomic mass is 10.2. The van der Waals surface area contributed by atoms with Crippen molar-refractivity contribution in [1.29, 1.82) is 0 Å². The van der Waals surface area contributed by atoms with Crippen molar-refractivity contribution in [3.63, 3.8) is 0 Å². The summed E-state index contributed by atoms with van der Waals surface area (Å²) in [6.45, 7) is 3.18. The highest BCUT2D eigenvalue weighted by Gasteiger charge is 2.09. The van der Waals surface area contributed by atoms with Gasteiger partial charge in [0.15, 0.2) is 0 Å². The third-order valence-corrected chi connectivity index (χ3v) is 5.38. The van der Waals surface area contributed by atoms with E-state index in [0.717, 1.165) is 19.6 Å². The summed E-state index contributed by atoms with van der Waals surface area (Å²) >= 11 is 0. The Balaban J connectivity index is 1.32. The van der Waals surface area contributed by atoms with Crippen LogP contribution in [0.3, 0.4) is 0 Å². The average molecular weight is 369 g/mol. The molecule has 2 heteroatoms. The van der Waals surface area contributed by atoms with Crippen LogP contribution in [0.25, 0.3) is 27.9 Å². The Hall–Kier alpha value is -2.84. The second-order valence-electron chi connectivity index (χ2n) is 7.47. The van der Waals surface area contributed by atoms with Crippen molar-refractivity contribution in [3.8, 4) is 0 Å². The van der Waals surface area contributed by atoms with Gasteiger partial charge >= 0.3 is 0 Å². The highest BCUT2D eigenvalue weighted by Crippen LogP contribution is 2.28. The van der Waals surface area contributed by atoms with E-state index in [9.17, 15) is 0 Å². The van der Waals surface area contributed by atoms with E-state index < -0.39 is 0 Å². The molecule has 28 heavy (non-hydrogen) atoms. The van der Waals surface area contributed by atoms with E-state index in [1.807, 2.05) is 0 Å². The van der Waals surface area contributed by atoms with Gasteiger partial charge < -0.3 is 9.47 Å². The van der Waals surface area contributed by atoms with Crippen LogP contribution in [0.15, 0.2) is 84.9 Å². The number of rotatable bonds is 8. The summed E-state index contributed by atoms with van der Waals surface area (Å²) in [5, 5.41) is 2.72. The molecule has 0 amide bonds. The van der Waals surface area contributed by atoms with Crippen molar-refractivity contribution in [3.05, 3.63) is 90.5 Å². The fourth-order valence-corrected chi connectivity index (χ4v) is 3.92. The normalized spacial score (nSPS) is 11.9. The van der Waals surface area contributed by atoms with Crippen molar-refractivity contribution in [2.75, 3.05) is 20.1 Å². The number of nitrogens with zero attached hydrogens (tertiary/aromatic N) is 2. The lowest BCUT2D eigenvalue weighted by Crippen LogP contribution is -2.19. The molecular weight excluding hydrogens is 340 g/mol. The summed E-state index contributed by atoms with van der Waals surface area (Å²) in [6, 6.07) is 28.0. The number of aromatic nitrogens is 1. The van der Waals surface area contributed by atoms with Crippen molar-refractivity contribution in [2.45, 2.75) is 19.4 Å². The maximum absolute atomic E-state index is 2.49. The largest absolute Gasteiger partial charge is 0.340 e. The number of hydrogen-bond donors (Lipinski definition) is 0. The number of benzene rings is 3. The van der Waals surface area contributed by atoms with E-state index in [0.29, 0.717) is 0 Å². The van der Waals surface area contributed by atoms with Gasteiger partial charge in [0.2, 0.25) is 0 Å². The molecule has 0 saturated carbocycles. The van der Waals surface area contributed by atoms with Crippen LogP contribution < -0.4 is 0 Å². The lowest BCUT2D eigenvalue weighted by Gasteiger charge is -2.14. The fraction of sp³-hybridized carbons (Fsp3) is 0.231. The zero-order valence-electron chi connectivity index (χ0n) is 16.6. The molecule has 142 valence electrons. The number of unbranched alkanes of at least 4 members (excludes halogenated alkanes) is 1. The van der Waals surface area contributed by atoms with Crippen molar-refractivity contribution < 1.29 is 0 Å². The number of fused-ring (bicyclic) bond motifs is 3. The van der Waals surface area contributed by atoms with Crippen LogP contribution in [0.1, 0.15) is 18.4 Å². The van der Waals surface area contributed by atoms with Crippen LogP contribution in [-0.4, -0.2) is 29.6 Å². The highest BCUT2D eigenvalue weighted by molar-refractivity contribution is 6.07. The molecule has 4 aromatic rings. The van der Waals surface area contributed by atoms with Gasteiger partial charge in [-0.2, -0.15) is 0 Å². The first-order chi connectivity index (χ1) is 13.8. The van der Waals surface area contributed by atoms with Crippen LogP contribution in [0, 0.1) is 0 Å². The van der Waals surface area contributed by atoms with Gasteiger partial charge in [-0.3, -0.25) is 0 Å². The van der Waals surface area contributed by atoms with Crippen molar-refractivity contribution >= 4 is 27.9 Å². The zero-order chi connectivity index (χ0) is 19.2. The van der Waals surface area contributed by atoms with Crippen molar-refractivity contribution in [1.82, 2.24) is 9.47 Å². The second-order valence-corrected chi connectivity index (χ2v) is 7.47. The van der Waals surface area contributed by atoms with Gasteiger partial charge in [-0.05, 0) is 44.1 Å². The lowest BCUT2D eigenvalue weighted by molar-refractivity contribution is 0.356. The molecule has 0 unspecified atom stereocenters. The molecule has 0 spiro atoms. The number of hydrogen-bond acceptors (Lipinski definition) is 1. The molecule has 0 aliphatic rings. The molecule has 0 N–H and O–H groups in total. The molecule has 1 aromatic heterocycles. The van der Waals surface area contributed by atoms with Crippen LogP contribution in [0.4, 0.5) is 0 Å². The Morgan fingerprint density at radius 3 is 2.04 bits per heavy atom. The van der Waals surface area contributed by atoms with Crippen LogP contribution >= 0.6 is 0 Å². The third kappa shape index (κ3) is 4.18. The highest BCUT2D eigenvalue weighted by atomic mass is 15.1. The predicted molar refractivity (Wildman–Crippen MR) is 122 cm³/mol. The molecule has 0 aliphatic carbocycles. The van der Waals surface area contributed by atoms with Gasteiger partial charge in [-0.15, -0.1) is 0 Å². The number of aryl methyl sites for hydroxylation is 1. The molecule has 3 aromatic carbocycles. The molecule has 0 fully saturated rings. The van der Waals surface area contributed by atoms with E-state index in [-0.39, 0.29) is 0 Å². The summed E-state index contributed by atoms with van der Waals surface area (Å²) in [6.07, 6.45) is 6.85. The van der Waals surface area contributed by atoms with Crippen LogP contribution in [0.2, 0.25) is 0 Å². The van der Waals surface area contributed by atoms with Gasteiger partial charge in [-0.25, -0.2) is 0 Å². The minimum Gasteiger partial charge on any atom is -0.340 e. The van der Waals surface area contributed by atoms with Crippen LogP contribution in [0.5, 0.6) is 0 Å². The predicted octanol–water partition coefficient (Wildman–Crippen LogP) is 6.22. The summed E-state index contributed by atoms with van der Waals surface area (Å²) in [7, 11) is 2.20. The maximum Gasteiger partial charge on any atom is 0.0491 e. The summed E-state index contributed by atoms with van der Waals surface area (Å²) in [5.74, 6) is 0. The number of likely N-dealkylation sites (N-methyl/N-ethyl adjacent to an activating group) is 1. The Labute approximate surface area is 167 Å². The molecule has 1 heterocycles. The fourth-order valence-electron chi connectivity index (χ4n) is 3.92. The van der Waals surface area contributed by atoms with Crippen LogP contribution in [-0.2, 0) is 6.54 Å². The molecule has 0 bridgehead atoms. The molecule has 2 nitrogen and oxygen atoms in total. The molecular formula is C26H28N2. The standard InChI is InChI=1S/C26H28N2/c1-27(20-11-14-22-12-3-2-4-13-22)19-9-10-21-28-25-17-7-5-15-23(25)24-16-6-8-18-26(24)28/h2-8,11-18H,9-10,19-21H2,1H3/b14-11+. The quantitative estimate of drug-likeness (QED) is 0.335. The Bertz CT molecular complexity index is 1010. The summed E-state index contributed by atoms with van der Waals surface area (Å²) in [4.78, 5) is 2.39. The van der Waals surface area contributed by atoms with Gasteiger partial charge in [-0.1, -0.05) is 78.9 Å². The van der Waals surface area contributed by atoms with Gasteiger partial charge in [0.1, 0.15) is 0 Å². The first-order valence-corrected chi connectivity index (χ1v) is 10.2. The van der Waals surface area contributed by atoms with Crippen molar-refractivity contribution in [2.24, 2.45) is 0 Å². The average Bonchev–Trinajstić information content (AvgIpc) is 3.06. The smallest absolute Gasteiger partial charge is 0.0491 e. The molecule has 0 atom stereocenters. The van der Waals surface area contributed by atoms with E-state index >= 15 is 0 Å². The van der Waals surface area contributed by atoms with E-state index in [4.69, 9.17) is 0 Å². The van der Waals surface area contributed by atoms with Gasteiger partial charge in [0, 0.05) is 34.9 Å². The molecule has 4 rings (SSSR count). The maximum atomic E-state index is 2.49. The number of para-hydroxylation sites is 2. The Kier molecular flexibility index (Phi) is 5.89. The third-order valence-electron chi connectivity index (χ3n) is 5.38. The molecule has 0 aliphatic heterocycles. The first-order valence-electron chi connectivity index (χ1n) is 10.2. The minimum absolute atomic E-state index is 0.990. The zero-order valence-corrected chi connectivity index (χ0v) is 16.6. The SMILES string of the molecule is CN(C/C=C/c1ccccc1)CCCCn1c2ccccc2c2ccccc21. The summed E-state index contributed by atoms with van der Waals surface area (Å²) in [5.41, 5.74) is 3.97. The molecule has 0 saturated heterocycles. The van der Waals surface area contributed by atoms with E-state index in [2.05, 4.69) is 108 Å².